The van der Waals surface area contributed by atoms with E-state index in [2.05, 4.69) is 10.3 Å². The van der Waals surface area contributed by atoms with Crippen LogP contribution in [0.4, 0.5) is 21.5 Å². The molecule has 0 saturated carbocycles. The van der Waals surface area contributed by atoms with Gasteiger partial charge in [-0.25, -0.2) is 0 Å². The van der Waals surface area contributed by atoms with Gasteiger partial charge in [0.15, 0.2) is 0 Å². The summed E-state index contributed by atoms with van der Waals surface area (Å²) in [5, 5.41) is 13.9. The van der Waals surface area contributed by atoms with Crippen LogP contribution in [0.1, 0.15) is 11.1 Å². The third kappa shape index (κ3) is 5.62. The van der Waals surface area contributed by atoms with E-state index in [9.17, 15) is 14.5 Å². The zero-order valence-corrected chi connectivity index (χ0v) is 17.5. The van der Waals surface area contributed by atoms with Crippen LogP contribution in [0, 0.1) is 15.9 Å². The average molecular weight is 445 g/mol. The Kier molecular flexibility index (Phi) is 6.75. The summed E-state index contributed by atoms with van der Waals surface area (Å²) in [7, 11) is 0. The Morgan fingerprint density at radius 2 is 1.42 bits per heavy atom. The summed E-state index contributed by atoms with van der Waals surface area (Å²) in [6.07, 6.45) is 0. The smallest absolute Gasteiger partial charge is 0.306 e. The first-order valence-corrected chi connectivity index (χ1v) is 10.1. The summed E-state index contributed by atoms with van der Waals surface area (Å²) in [5.74, 6) is -0.469. The van der Waals surface area contributed by atoms with Crippen molar-refractivity contribution in [1.82, 2.24) is 4.98 Å². The van der Waals surface area contributed by atoms with Crippen molar-refractivity contribution in [2.45, 2.75) is 13.2 Å². The third-order valence-corrected chi connectivity index (χ3v) is 4.73. The third-order valence-electron chi connectivity index (χ3n) is 4.73. The molecule has 4 rings (SSSR count). The summed E-state index contributed by atoms with van der Waals surface area (Å²) < 4.78 is 26.3. The molecule has 0 amide bonds. The highest BCUT2D eigenvalue weighted by Gasteiger charge is 2.19. The maximum Gasteiger partial charge on any atom is 0.306 e. The summed E-state index contributed by atoms with van der Waals surface area (Å²) in [6, 6.07) is 26.3. The van der Waals surface area contributed by atoms with Crippen LogP contribution in [0.3, 0.4) is 0 Å². The summed E-state index contributed by atoms with van der Waals surface area (Å²) in [4.78, 5) is 14.7. The largest absolute Gasteiger partial charge is 0.473 e. The molecular formula is C25H20FN3O4. The quantitative estimate of drug-likeness (QED) is 0.250. The van der Waals surface area contributed by atoms with Crippen molar-refractivity contribution in [1.29, 1.82) is 0 Å². The molecule has 0 fully saturated rings. The van der Waals surface area contributed by atoms with Gasteiger partial charge in [0.1, 0.15) is 18.9 Å². The van der Waals surface area contributed by atoms with Crippen molar-refractivity contribution in [3.05, 3.63) is 118 Å². The lowest BCUT2D eigenvalue weighted by Crippen LogP contribution is -2.05. The van der Waals surface area contributed by atoms with Gasteiger partial charge in [0.05, 0.1) is 10.6 Å². The molecular weight excluding hydrogens is 425 g/mol. The van der Waals surface area contributed by atoms with E-state index in [-0.39, 0.29) is 18.2 Å². The van der Waals surface area contributed by atoms with Gasteiger partial charge in [-0.05, 0) is 23.3 Å². The maximum atomic E-state index is 14.6. The van der Waals surface area contributed by atoms with Gasteiger partial charge in [-0.3, -0.25) is 10.1 Å². The number of pyridine rings is 1. The van der Waals surface area contributed by atoms with Crippen LogP contribution in [-0.4, -0.2) is 9.91 Å². The monoisotopic (exact) mass is 445 g/mol. The van der Waals surface area contributed by atoms with Crippen LogP contribution in [0.2, 0.25) is 0 Å². The van der Waals surface area contributed by atoms with Crippen LogP contribution in [0.5, 0.6) is 11.8 Å². The predicted molar refractivity (Wildman–Crippen MR) is 122 cm³/mol. The van der Waals surface area contributed by atoms with E-state index in [0.717, 1.165) is 17.2 Å². The molecule has 0 atom stereocenters. The molecule has 4 aromatic rings. The number of aromatic nitrogens is 1. The van der Waals surface area contributed by atoms with Crippen LogP contribution < -0.4 is 14.8 Å². The molecule has 0 unspecified atom stereocenters. The minimum absolute atomic E-state index is 0.0616. The van der Waals surface area contributed by atoms with Crippen molar-refractivity contribution >= 4 is 17.1 Å². The first-order chi connectivity index (χ1) is 16.1. The minimum Gasteiger partial charge on any atom is -0.473 e. The number of nitro benzene ring substituents is 1. The van der Waals surface area contributed by atoms with Gasteiger partial charge in [-0.2, -0.15) is 9.37 Å². The van der Waals surface area contributed by atoms with Gasteiger partial charge in [-0.15, -0.1) is 0 Å². The summed E-state index contributed by atoms with van der Waals surface area (Å²) in [6.45, 7) is 0.542. The standard InChI is InChI=1S/C25H20FN3O4/c26-24-20(12-7-13-22(24)29(30)31)27-21-14-15-23(32-16-18-8-3-1-4-9-18)28-25(21)33-17-19-10-5-2-6-11-19/h1-15,27H,16-17H2. The Morgan fingerprint density at radius 3 is 2.06 bits per heavy atom. The second kappa shape index (κ2) is 10.2. The van der Waals surface area contributed by atoms with Crippen LogP contribution in [-0.2, 0) is 13.2 Å². The van der Waals surface area contributed by atoms with E-state index in [4.69, 9.17) is 9.47 Å². The Hall–Kier alpha value is -4.46. The van der Waals surface area contributed by atoms with E-state index < -0.39 is 16.4 Å². The van der Waals surface area contributed by atoms with Crippen LogP contribution in [0.25, 0.3) is 0 Å². The van der Waals surface area contributed by atoms with E-state index in [0.29, 0.717) is 18.2 Å². The molecule has 0 radical (unpaired) electrons. The molecule has 0 aliphatic rings. The number of anilines is 2. The zero-order chi connectivity index (χ0) is 23.0. The number of nitro groups is 1. The van der Waals surface area contributed by atoms with Crippen molar-refractivity contribution < 1.29 is 18.8 Å². The van der Waals surface area contributed by atoms with Crippen LogP contribution >= 0.6 is 0 Å². The maximum absolute atomic E-state index is 14.6. The highest BCUT2D eigenvalue weighted by atomic mass is 19.1. The number of nitrogens with one attached hydrogen (secondary N) is 1. The Balaban J connectivity index is 1.59. The molecule has 8 heteroatoms. The highest BCUT2D eigenvalue weighted by Crippen LogP contribution is 2.32. The SMILES string of the molecule is O=[N+]([O-])c1cccc(Nc2ccc(OCc3ccccc3)nc2OCc2ccccc2)c1F. The molecule has 33 heavy (non-hydrogen) atoms. The number of nitrogens with zero attached hydrogens (tertiary/aromatic N) is 2. The Morgan fingerprint density at radius 1 is 0.788 bits per heavy atom. The van der Waals surface area contributed by atoms with E-state index in [1.807, 2.05) is 60.7 Å². The number of hydrogen-bond acceptors (Lipinski definition) is 6. The first kappa shape index (κ1) is 21.8. The molecule has 1 aromatic heterocycles. The second-order valence-electron chi connectivity index (χ2n) is 7.07. The lowest BCUT2D eigenvalue weighted by atomic mass is 10.2. The second-order valence-corrected chi connectivity index (χ2v) is 7.07. The molecule has 0 aliphatic heterocycles. The van der Waals surface area contributed by atoms with Crippen molar-refractivity contribution in [3.63, 3.8) is 0 Å². The fourth-order valence-electron chi connectivity index (χ4n) is 3.07. The summed E-state index contributed by atoms with van der Waals surface area (Å²) in [5.41, 5.74) is 1.56. The van der Waals surface area contributed by atoms with Gasteiger partial charge >= 0.3 is 5.69 Å². The lowest BCUT2D eigenvalue weighted by molar-refractivity contribution is -0.387. The van der Waals surface area contributed by atoms with Gasteiger partial charge in [-0.1, -0.05) is 66.7 Å². The molecule has 0 saturated heterocycles. The lowest BCUT2D eigenvalue weighted by Gasteiger charge is -2.15. The summed E-state index contributed by atoms with van der Waals surface area (Å²) >= 11 is 0. The Bertz CT molecular complexity index is 1240. The molecule has 0 bridgehead atoms. The number of ether oxygens (including phenoxy) is 2. The average Bonchev–Trinajstić information content (AvgIpc) is 2.84. The minimum atomic E-state index is -0.971. The fraction of sp³-hybridized carbons (Fsp3) is 0.0800. The van der Waals surface area contributed by atoms with Gasteiger partial charge in [0, 0.05) is 12.1 Å². The van der Waals surface area contributed by atoms with Gasteiger partial charge < -0.3 is 14.8 Å². The van der Waals surface area contributed by atoms with E-state index in [1.54, 1.807) is 12.1 Å². The molecule has 1 heterocycles. The van der Waals surface area contributed by atoms with Crippen molar-refractivity contribution in [3.8, 4) is 11.8 Å². The zero-order valence-electron chi connectivity index (χ0n) is 17.5. The topological polar surface area (TPSA) is 86.5 Å². The van der Waals surface area contributed by atoms with Gasteiger partial charge in [0.25, 0.3) is 0 Å². The van der Waals surface area contributed by atoms with E-state index in [1.165, 1.54) is 12.1 Å². The van der Waals surface area contributed by atoms with Gasteiger partial charge in [0.2, 0.25) is 17.6 Å². The molecule has 166 valence electrons. The molecule has 7 nitrogen and oxygen atoms in total. The first-order valence-electron chi connectivity index (χ1n) is 10.1. The molecule has 3 aromatic carbocycles. The fourth-order valence-corrected chi connectivity index (χ4v) is 3.07. The van der Waals surface area contributed by atoms with E-state index >= 15 is 0 Å². The number of halogens is 1. The predicted octanol–water partition coefficient (Wildman–Crippen LogP) is 6.03. The molecule has 0 aliphatic carbocycles. The molecule has 1 N–H and O–H groups in total. The number of rotatable bonds is 9. The molecule has 0 spiro atoms. The normalized spacial score (nSPS) is 10.5. The number of benzene rings is 3. The van der Waals surface area contributed by atoms with Crippen molar-refractivity contribution in [2.24, 2.45) is 0 Å². The van der Waals surface area contributed by atoms with Crippen molar-refractivity contribution in [2.75, 3.05) is 5.32 Å². The highest BCUT2D eigenvalue weighted by molar-refractivity contribution is 5.67. The number of hydrogen-bond donors (Lipinski definition) is 1. The Labute approximate surface area is 189 Å². The van der Waals surface area contributed by atoms with Crippen LogP contribution in [0.15, 0.2) is 91.0 Å².